The quantitative estimate of drug-likeness (QED) is 0.684. The van der Waals surface area contributed by atoms with Crippen LogP contribution in [0.3, 0.4) is 0 Å². The van der Waals surface area contributed by atoms with Crippen LogP contribution in [0.25, 0.3) is 22.9 Å². The molecule has 23 heavy (non-hydrogen) atoms. The van der Waals surface area contributed by atoms with Gasteiger partial charge in [-0.2, -0.15) is 0 Å². The van der Waals surface area contributed by atoms with Gasteiger partial charge in [-0.1, -0.05) is 24.3 Å². The Kier molecular flexibility index (Phi) is 3.23. The first-order valence-corrected chi connectivity index (χ1v) is 7.64. The van der Waals surface area contributed by atoms with Crippen molar-refractivity contribution in [2.75, 3.05) is 0 Å². The van der Waals surface area contributed by atoms with Crippen LogP contribution in [0.1, 0.15) is 22.5 Å². The summed E-state index contributed by atoms with van der Waals surface area (Å²) < 4.78 is 2.11. The number of allylic oxidation sites excluding steroid dienone is 1. The van der Waals surface area contributed by atoms with Crippen LogP contribution in [-0.4, -0.2) is 15.0 Å². The summed E-state index contributed by atoms with van der Waals surface area (Å²) in [7, 11) is 2.05. The smallest absolute Gasteiger partial charge is 0.261 e. The number of fused-ring (bicyclic) bond motifs is 1. The SMILES string of the molecule is Cc1ccccc1-c1c2c(nc[n+]1C)C=C(c1cnccn1)C2. The molecule has 1 aliphatic carbocycles. The highest BCUT2D eigenvalue weighted by molar-refractivity contribution is 5.88. The Morgan fingerprint density at radius 3 is 2.74 bits per heavy atom. The second-order valence-electron chi connectivity index (χ2n) is 5.82. The summed E-state index contributed by atoms with van der Waals surface area (Å²) in [4.78, 5) is 13.2. The first-order chi connectivity index (χ1) is 11.2. The van der Waals surface area contributed by atoms with E-state index in [1.807, 2.05) is 12.5 Å². The highest BCUT2D eigenvalue weighted by Crippen LogP contribution is 2.34. The first kappa shape index (κ1) is 13.8. The molecule has 0 spiro atoms. The van der Waals surface area contributed by atoms with E-state index in [1.165, 1.54) is 28.0 Å². The molecule has 1 aliphatic rings. The number of aromatic nitrogens is 4. The lowest BCUT2D eigenvalue weighted by atomic mass is 9.99. The van der Waals surface area contributed by atoms with Gasteiger partial charge < -0.3 is 0 Å². The monoisotopic (exact) mass is 301 g/mol. The highest BCUT2D eigenvalue weighted by Gasteiger charge is 2.27. The predicted octanol–water partition coefficient (Wildman–Crippen LogP) is 2.77. The number of benzene rings is 1. The van der Waals surface area contributed by atoms with E-state index < -0.39 is 0 Å². The molecule has 3 aromatic rings. The Balaban J connectivity index is 1.84. The van der Waals surface area contributed by atoms with Crippen molar-refractivity contribution in [3.8, 4) is 11.3 Å². The summed E-state index contributed by atoms with van der Waals surface area (Å²) >= 11 is 0. The third-order valence-electron chi connectivity index (χ3n) is 4.29. The van der Waals surface area contributed by atoms with Gasteiger partial charge in [-0.25, -0.2) is 4.57 Å². The minimum Gasteiger partial charge on any atom is -0.261 e. The molecule has 0 aliphatic heterocycles. The van der Waals surface area contributed by atoms with E-state index in [-0.39, 0.29) is 0 Å². The van der Waals surface area contributed by atoms with Gasteiger partial charge in [-0.05, 0) is 29.1 Å². The van der Waals surface area contributed by atoms with Gasteiger partial charge >= 0.3 is 0 Å². The molecule has 0 atom stereocenters. The van der Waals surface area contributed by atoms with Crippen molar-refractivity contribution in [1.29, 1.82) is 0 Å². The molecule has 112 valence electrons. The van der Waals surface area contributed by atoms with Crippen LogP contribution in [0.15, 0.2) is 49.2 Å². The molecule has 2 aromatic heterocycles. The first-order valence-electron chi connectivity index (χ1n) is 7.64. The summed E-state index contributed by atoms with van der Waals surface area (Å²) in [5.74, 6) is 0. The molecule has 1 aromatic carbocycles. The van der Waals surface area contributed by atoms with Crippen molar-refractivity contribution in [1.82, 2.24) is 15.0 Å². The second-order valence-corrected chi connectivity index (χ2v) is 5.82. The molecule has 0 saturated heterocycles. The van der Waals surface area contributed by atoms with Gasteiger partial charge in [-0.3, -0.25) is 9.97 Å². The van der Waals surface area contributed by atoms with Gasteiger partial charge in [0.2, 0.25) is 0 Å². The minimum atomic E-state index is 0.833. The molecule has 4 rings (SSSR count). The van der Waals surface area contributed by atoms with E-state index in [4.69, 9.17) is 0 Å². The summed E-state index contributed by atoms with van der Waals surface area (Å²) in [5, 5.41) is 0. The van der Waals surface area contributed by atoms with E-state index in [9.17, 15) is 0 Å². The van der Waals surface area contributed by atoms with Gasteiger partial charge in [0.1, 0.15) is 5.69 Å². The van der Waals surface area contributed by atoms with Crippen LogP contribution in [-0.2, 0) is 13.5 Å². The fourth-order valence-electron chi connectivity index (χ4n) is 3.14. The zero-order valence-electron chi connectivity index (χ0n) is 13.2. The Hall–Kier alpha value is -2.88. The van der Waals surface area contributed by atoms with Gasteiger partial charge in [0.15, 0.2) is 5.69 Å². The second kappa shape index (κ2) is 5.39. The highest BCUT2D eigenvalue weighted by atomic mass is 15.0. The van der Waals surface area contributed by atoms with E-state index in [2.05, 4.69) is 63.8 Å². The maximum Gasteiger partial charge on any atom is 0.287 e. The number of hydrogen-bond acceptors (Lipinski definition) is 3. The molecule has 0 bridgehead atoms. The van der Waals surface area contributed by atoms with Crippen molar-refractivity contribution in [2.45, 2.75) is 13.3 Å². The lowest BCUT2D eigenvalue weighted by Gasteiger charge is -2.10. The summed E-state index contributed by atoms with van der Waals surface area (Å²) in [5.41, 5.74) is 8.12. The molecule has 0 N–H and O–H groups in total. The Morgan fingerprint density at radius 1 is 1.09 bits per heavy atom. The number of nitrogens with zero attached hydrogens (tertiary/aromatic N) is 4. The van der Waals surface area contributed by atoms with Crippen LogP contribution in [0, 0.1) is 6.92 Å². The standard InChI is InChI=1S/C19H17N4/c1-13-5-3-4-6-15(13)19-16-9-14(18-11-20-7-8-21-18)10-17(16)22-12-23(19)2/h3-8,10-12H,9H2,1-2H3/q+1. The Bertz CT molecular complexity index is 914. The molecular formula is C19H17N4+. The van der Waals surface area contributed by atoms with Crippen LogP contribution in [0.4, 0.5) is 0 Å². The largest absolute Gasteiger partial charge is 0.287 e. The van der Waals surface area contributed by atoms with Crippen molar-refractivity contribution in [3.63, 3.8) is 0 Å². The van der Waals surface area contributed by atoms with Gasteiger partial charge in [0.25, 0.3) is 6.33 Å². The van der Waals surface area contributed by atoms with E-state index in [0.717, 1.165) is 17.8 Å². The Labute approximate surface area is 135 Å². The fraction of sp³-hybridized carbons (Fsp3) is 0.158. The molecule has 4 heteroatoms. The average Bonchev–Trinajstić information content (AvgIpc) is 3.01. The molecule has 0 amide bonds. The van der Waals surface area contributed by atoms with E-state index in [0.29, 0.717) is 0 Å². The van der Waals surface area contributed by atoms with Crippen molar-refractivity contribution < 1.29 is 4.57 Å². The third kappa shape index (κ3) is 2.32. The minimum absolute atomic E-state index is 0.833. The van der Waals surface area contributed by atoms with E-state index >= 15 is 0 Å². The molecule has 0 unspecified atom stereocenters. The van der Waals surface area contributed by atoms with Crippen LogP contribution in [0.2, 0.25) is 0 Å². The summed E-state index contributed by atoms with van der Waals surface area (Å²) in [6.45, 7) is 2.15. The van der Waals surface area contributed by atoms with Crippen molar-refractivity contribution in [2.24, 2.45) is 7.05 Å². The molecular weight excluding hydrogens is 284 g/mol. The zero-order chi connectivity index (χ0) is 15.8. The van der Waals surface area contributed by atoms with Gasteiger partial charge in [0, 0.05) is 24.4 Å². The number of rotatable bonds is 2. The molecule has 0 radical (unpaired) electrons. The van der Waals surface area contributed by atoms with Gasteiger partial charge in [0.05, 0.1) is 24.5 Å². The maximum absolute atomic E-state index is 4.59. The third-order valence-corrected chi connectivity index (χ3v) is 4.29. The maximum atomic E-state index is 4.59. The zero-order valence-corrected chi connectivity index (χ0v) is 13.2. The molecule has 0 fully saturated rings. The molecule has 2 heterocycles. The Morgan fingerprint density at radius 2 is 1.96 bits per heavy atom. The van der Waals surface area contributed by atoms with Gasteiger partial charge in [-0.15, -0.1) is 0 Å². The van der Waals surface area contributed by atoms with Crippen molar-refractivity contribution in [3.05, 3.63) is 71.7 Å². The van der Waals surface area contributed by atoms with Crippen molar-refractivity contribution >= 4 is 11.6 Å². The summed E-state index contributed by atoms with van der Waals surface area (Å²) in [6.07, 6.45) is 10.1. The fourth-order valence-corrected chi connectivity index (χ4v) is 3.14. The number of hydrogen-bond donors (Lipinski definition) is 0. The number of aryl methyl sites for hydroxylation is 2. The lowest BCUT2D eigenvalue weighted by molar-refractivity contribution is -0.663. The average molecular weight is 301 g/mol. The topological polar surface area (TPSA) is 42.5 Å². The van der Waals surface area contributed by atoms with Crippen LogP contribution < -0.4 is 4.57 Å². The lowest BCUT2D eigenvalue weighted by Crippen LogP contribution is -2.33. The normalized spacial score (nSPS) is 12.9. The predicted molar refractivity (Wildman–Crippen MR) is 89.2 cm³/mol. The van der Waals surface area contributed by atoms with E-state index in [1.54, 1.807) is 12.4 Å². The van der Waals surface area contributed by atoms with Crippen LogP contribution in [0.5, 0.6) is 0 Å². The molecule has 4 nitrogen and oxygen atoms in total. The van der Waals surface area contributed by atoms with Crippen LogP contribution >= 0.6 is 0 Å². The molecule has 0 saturated carbocycles. The summed E-state index contributed by atoms with van der Waals surface area (Å²) in [6, 6.07) is 8.48.